The standard InChI is InChI=1S/C12H17N3O/c1-9-8-15(7-6-13-9)12(16)11-4-3-5-14-10(11)2/h3-5,9,13H,6-8H2,1-2H3/t9-/m1/s1. The first-order chi connectivity index (χ1) is 7.68. The van der Waals surface area contributed by atoms with Crippen LogP contribution >= 0.6 is 0 Å². The van der Waals surface area contributed by atoms with Crippen LogP contribution in [0.15, 0.2) is 18.3 Å². The molecule has 4 heteroatoms. The second kappa shape index (κ2) is 4.61. The molecule has 1 aliphatic heterocycles. The fourth-order valence-corrected chi connectivity index (χ4v) is 2.00. The lowest BCUT2D eigenvalue weighted by atomic mass is 10.1. The number of hydrogen-bond donors (Lipinski definition) is 1. The van der Waals surface area contributed by atoms with Crippen LogP contribution in [0.2, 0.25) is 0 Å². The van der Waals surface area contributed by atoms with E-state index in [2.05, 4.69) is 17.2 Å². The van der Waals surface area contributed by atoms with Crippen molar-refractivity contribution in [3.8, 4) is 0 Å². The van der Waals surface area contributed by atoms with Crippen molar-refractivity contribution < 1.29 is 4.79 Å². The van der Waals surface area contributed by atoms with E-state index < -0.39 is 0 Å². The first kappa shape index (κ1) is 11.1. The number of hydrogen-bond acceptors (Lipinski definition) is 3. The van der Waals surface area contributed by atoms with Crippen molar-refractivity contribution in [3.63, 3.8) is 0 Å². The predicted molar refractivity (Wildman–Crippen MR) is 62.3 cm³/mol. The fraction of sp³-hybridized carbons (Fsp3) is 0.500. The van der Waals surface area contributed by atoms with Gasteiger partial charge in [-0.15, -0.1) is 0 Å². The third-order valence-electron chi connectivity index (χ3n) is 2.89. The highest BCUT2D eigenvalue weighted by atomic mass is 16.2. The molecule has 2 rings (SSSR count). The van der Waals surface area contributed by atoms with Gasteiger partial charge in [0, 0.05) is 37.6 Å². The van der Waals surface area contributed by atoms with Crippen molar-refractivity contribution in [1.82, 2.24) is 15.2 Å². The largest absolute Gasteiger partial charge is 0.336 e. The quantitative estimate of drug-likeness (QED) is 0.760. The van der Waals surface area contributed by atoms with Gasteiger partial charge in [0.05, 0.1) is 5.56 Å². The van der Waals surface area contributed by atoms with Crippen molar-refractivity contribution in [2.24, 2.45) is 0 Å². The third kappa shape index (κ3) is 2.22. The minimum absolute atomic E-state index is 0.0963. The van der Waals surface area contributed by atoms with Crippen LogP contribution in [0.4, 0.5) is 0 Å². The van der Waals surface area contributed by atoms with Crippen molar-refractivity contribution in [2.75, 3.05) is 19.6 Å². The van der Waals surface area contributed by atoms with E-state index in [1.807, 2.05) is 24.0 Å². The molecule has 0 aliphatic carbocycles. The number of nitrogens with zero attached hydrogens (tertiary/aromatic N) is 2. The Labute approximate surface area is 95.7 Å². The predicted octanol–water partition coefficient (Wildman–Crippen LogP) is 0.824. The molecular weight excluding hydrogens is 202 g/mol. The molecule has 0 aromatic carbocycles. The van der Waals surface area contributed by atoms with Gasteiger partial charge in [0.1, 0.15) is 0 Å². The molecular formula is C12H17N3O. The van der Waals surface area contributed by atoms with E-state index in [4.69, 9.17) is 0 Å². The molecule has 0 radical (unpaired) electrons. The summed E-state index contributed by atoms with van der Waals surface area (Å²) < 4.78 is 0. The van der Waals surface area contributed by atoms with Gasteiger partial charge in [-0.3, -0.25) is 9.78 Å². The highest BCUT2D eigenvalue weighted by Gasteiger charge is 2.22. The van der Waals surface area contributed by atoms with E-state index in [9.17, 15) is 4.79 Å². The maximum atomic E-state index is 12.2. The van der Waals surface area contributed by atoms with Crippen LogP contribution in [0, 0.1) is 6.92 Å². The Hall–Kier alpha value is -1.42. The number of aromatic nitrogens is 1. The van der Waals surface area contributed by atoms with E-state index in [1.54, 1.807) is 6.20 Å². The SMILES string of the molecule is Cc1ncccc1C(=O)N1CCN[C@H](C)C1. The van der Waals surface area contributed by atoms with Gasteiger partial charge in [0.15, 0.2) is 0 Å². The van der Waals surface area contributed by atoms with E-state index in [0.29, 0.717) is 6.04 Å². The van der Waals surface area contributed by atoms with Gasteiger partial charge in [-0.1, -0.05) is 0 Å². The average Bonchev–Trinajstić information content (AvgIpc) is 2.29. The third-order valence-corrected chi connectivity index (χ3v) is 2.89. The second-order valence-electron chi connectivity index (χ2n) is 4.24. The maximum Gasteiger partial charge on any atom is 0.255 e. The normalized spacial score (nSPS) is 20.9. The molecule has 0 saturated carbocycles. The van der Waals surface area contributed by atoms with Crippen LogP contribution in [0.3, 0.4) is 0 Å². The molecule has 86 valence electrons. The Morgan fingerprint density at radius 3 is 3.12 bits per heavy atom. The molecule has 1 aromatic heterocycles. The fourth-order valence-electron chi connectivity index (χ4n) is 2.00. The zero-order chi connectivity index (χ0) is 11.5. The molecule has 0 unspecified atom stereocenters. The van der Waals surface area contributed by atoms with Gasteiger partial charge in [0.25, 0.3) is 5.91 Å². The van der Waals surface area contributed by atoms with E-state index in [1.165, 1.54) is 0 Å². The molecule has 1 fully saturated rings. The van der Waals surface area contributed by atoms with Gasteiger partial charge in [-0.25, -0.2) is 0 Å². The minimum Gasteiger partial charge on any atom is -0.336 e. The number of carbonyl (C=O) groups is 1. The lowest BCUT2D eigenvalue weighted by molar-refractivity contribution is 0.0708. The molecule has 1 atom stereocenters. The molecule has 4 nitrogen and oxygen atoms in total. The summed E-state index contributed by atoms with van der Waals surface area (Å²) in [7, 11) is 0. The van der Waals surface area contributed by atoms with Crippen molar-refractivity contribution >= 4 is 5.91 Å². The number of nitrogens with one attached hydrogen (secondary N) is 1. The minimum atomic E-state index is 0.0963. The van der Waals surface area contributed by atoms with Gasteiger partial charge in [-0.2, -0.15) is 0 Å². The maximum absolute atomic E-state index is 12.2. The summed E-state index contributed by atoms with van der Waals surface area (Å²) in [4.78, 5) is 18.3. The van der Waals surface area contributed by atoms with Gasteiger partial charge < -0.3 is 10.2 Å². The Kier molecular flexibility index (Phi) is 3.19. The van der Waals surface area contributed by atoms with Crippen LogP contribution in [-0.2, 0) is 0 Å². The number of rotatable bonds is 1. The topological polar surface area (TPSA) is 45.2 Å². The molecule has 0 bridgehead atoms. The van der Waals surface area contributed by atoms with Gasteiger partial charge in [-0.05, 0) is 26.0 Å². The molecule has 1 aromatic rings. The molecule has 1 aliphatic rings. The van der Waals surface area contributed by atoms with E-state index >= 15 is 0 Å². The van der Waals surface area contributed by atoms with Crippen LogP contribution in [0.25, 0.3) is 0 Å². The molecule has 1 N–H and O–H groups in total. The zero-order valence-electron chi connectivity index (χ0n) is 9.73. The molecule has 1 saturated heterocycles. The Bertz CT molecular complexity index is 392. The Morgan fingerprint density at radius 1 is 1.62 bits per heavy atom. The van der Waals surface area contributed by atoms with Crippen molar-refractivity contribution in [1.29, 1.82) is 0 Å². The van der Waals surface area contributed by atoms with Crippen molar-refractivity contribution in [2.45, 2.75) is 19.9 Å². The lowest BCUT2D eigenvalue weighted by Gasteiger charge is -2.32. The smallest absolute Gasteiger partial charge is 0.255 e. The summed E-state index contributed by atoms with van der Waals surface area (Å²) >= 11 is 0. The first-order valence-electron chi connectivity index (χ1n) is 5.63. The number of piperazine rings is 1. The molecule has 16 heavy (non-hydrogen) atoms. The van der Waals surface area contributed by atoms with Gasteiger partial charge in [0.2, 0.25) is 0 Å². The Balaban J connectivity index is 2.16. The highest BCUT2D eigenvalue weighted by Crippen LogP contribution is 2.10. The summed E-state index contributed by atoms with van der Waals surface area (Å²) in [6, 6.07) is 4.03. The Morgan fingerprint density at radius 2 is 2.44 bits per heavy atom. The van der Waals surface area contributed by atoms with E-state index in [-0.39, 0.29) is 5.91 Å². The number of carbonyl (C=O) groups excluding carboxylic acids is 1. The average molecular weight is 219 g/mol. The van der Waals surface area contributed by atoms with Crippen LogP contribution in [0.1, 0.15) is 23.0 Å². The van der Waals surface area contributed by atoms with Crippen molar-refractivity contribution in [3.05, 3.63) is 29.6 Å². The molecule has 2 heterocycles. The number of aryl methyl sites for hydroxylation is 1. The summed E-state index contributed by atoms with van der Waals surface area (Å²) in [5.74, 6) is 0.0963. The number of pyridine rings is 1. The molecule has 0 spiro atoms. The summed E-state index contributed by atoms with van der Waals surface area (Å²) in [5.41, 5.74) is 1.52. The summed E-state index contributed by atoms with van der Waals surface area (Å²) in [5, 5.41) is 3.32. The van der Waals surface area contributed by atoms with Crippen LogP contribution in [-0.4, -0.2) is 41.5 Å². The monoisotopic (exact) mass is 219 g/mol. The first-order valence-corrected chi connectivity index (χ1v) is 5.63. The van der Waals surface area contributed by atoms with Gasteiger partial charge >= 0.3 is 0 Å². The van der Waals surface area contributed by atoms with E-state index in [0.717, 1.165) is 30.9 Å². The second-order valence-corrected chi connectivity index (χ2v) is 4.24. The highest BCUT2D eigenvalue weighted by molar-refractivity contribution is 5.95. The number of amides is 1. The summed E-state index contributed by atoms with van der Waals surface area (Å²) in [6.45, 7) is 6.38. The van der Waals surface area contributed by atoms with Crippen LogP contribution in [0.5, 0.6) is 0 Å². The zero-order valence-corrected chi connectivity index (χ0v) is 9.73. The van der Waals surface area contributed by atoms with Crippen LogP contribution < -0.4 is 5.32 Å². The summed E-state index contributed by atoms with van der Waals surface area (Å²) in [6.07, 6.45) is 1.71. The lowest BCUT2D eigenvalue weighted by Crippen LogP contribution is -2.51. The molecule has 1 amide bonds.